The summed E-state index contributed by atoms with van der Waals surface area (Å²) in [5.74, 6) is -0.380. The number of rotatable bonds is 2. The van der Waals surface area contributed by atoms with Gasteiger partial charge in [-0.3, -0.25) is 9.59 Å². The van der Waals surface area contributed by atoms with Gasteiger partial charge in [0.25, 0.3) is 5.91 Å². The number of thiophene rings is 1. The number of nitrogens with two attached hydrogens (primary N) is 1. The van der Waals surface area contributed by atoms with Crippen LogP contribution in [0.2, 0.25) is 0 Å². The second kappa shape index (κ2) is 4.34. The zero-order chi connectivity index (χ0) is 12.6. The highest BCUT2D eigenvalue weighted by molar-refractivity contribution is 7.80. The molecule has 1 aliphatic heterocycles. The number of primary amides is 1. The predicted octanol–water partition coefficient (Wildman–Crippen LogP) is 1.37. The van der Waals surface area contributed by atoms with E-state index in [2.05, 4.69) is 12.6 Å². The van der Waals surface area contributed by atoms with Gasteiger partial charge in [-0.25, -0.2) is 0 Å². The Labute approximate surface area is 109 Å². The van der Waals surface area contributed by atoms with Crippen LogP contribution in [0.5, 0.6) is 0 Å². The van der Waals surface area contributed by atoms with Crippen LogP contribution in [0, 0.1) is 5.41 Å². The van der Waals surface area contributed by atoms with Crippen LogP contribution in [-0.2, 0) is 4.79 Å². The topological polar surface area (TPSA) is 63.4 Å². The smallest absolute Gasteiger partial charge is 0.263 e. The lowest BCUT2D eigenvalue weighted by atomic mass is 9.89. The fourth-order valence-electron chi connectivity index (χ4n) is 1.93. The van der Waals surface area contributed by atoms with Gasteiger partial charge in [0.15, 0.2) is 0 Å². The quantitative estimate of drug-likeness (QED) is 0.797. The van der Waals surface area contributed by atoms with Crippen LogP contribution in [-0.4, -0.2) is 29.8 Å². The zero-order valence-corrected chi connectivity index (χ0v) is 11.2. The molecule has 1 aliphatic rings. The molecular weight excluding hydrogens is 256 g/mol. The lowest BCUT2D eigenvalue weighted by molar-refractivity contribution is -0.126. The summed E-state index contributed by atoms with van der Waals surface area (Å²) in [6.07, 6.45) is 0.632. The molecule has 1 saturated heterocycles. The highest BCUT2D eigenvalue weighted by atomic mass is 32.1. The van der Waals surface area contributed by atoms with E-state index in [-0.39, 0.29) is 11.8 Å². The Kier molecular flexibility index (Phi) is 3.18. The third kappa shape index (κ3) is 2.32. The normalized spacial score (nSPS) is 24.0. The fourth-order valence-corrected chi connectivity index (χ4v) is 3.04. The van der Waals surface area contributed by atoms with Gasteiger partial charge in [0.1, 0.15) is 0 Å². The van der Waals surface area contributed by atoms with Gasteiger partial charge < -0.3 is 10.6 Å². The lowest BCUT2D eigenvalue weighted by Crippen LogP contribution is -2.38. The molecule has 1 aromatic heterocycles. The van der Waals surface area contributed by atoms with E-state index < -0.39 is 5.41 Å². The van der Waals surface area contributed by atoms with Crippen molar-refractivity contribution >= 4 is 35.8 Å². The number of thiol groups is 1. The summed E-state index contributed by atoms with van der Waals surface area (Å²) in [6.45, 7) is 2.79. The second-order valence-electron chi connectivity index (χ2n) is 4.57. The van der Waals surface area contributed by atoms with Crippen LogP contribution >= 0.6 is 24.0 Å². The van der Waals surface area contributed by atoms with E-state index in [0.717, 1.165) is 4.90 Å². The average Bonchev–Trinajstić information content (AvgIpc) is 2.85. The van der Waals surface area contributed by atoms with Crippen molar-refractivity contribution in [2.75, 3.05) is 13.1 Å². The van der Waals surface area contributed by atoms with Crippen molar-refractivity contribution < 1.29 is 9.59 Å². The molecule has 0 aromatic carbocycles. The van der Waals surface area contributed by atoms with Crippen LogP contribution < -0.4 is 5.73 Å². The summed E-state index contributed by atoms with van der Waals surface area (Å²) in [5, 5.41) is 1.82. The molecule has 0 saturated carbocycles. The Morgan fingerprint density at radius 1 is 1.59 bits per heavy atom. The van der Waals surface area contributed by atoms with Gasteiger partial charge in [0.2, 0.25) is 5.91 Å². The summed E-state index contributed by atoms with van der Waals surface area (Å²) in [6, 6.07) is 1.75. The first kappa shape index (κ1) is 12.4. The fraction of sp³-hybridized carbons (Fsp3) is 0.455. The highest BCUT2D eigenvalue weighted by Crippen LogP contribution is 2.31. The molecular formula is C11H14N2O2S2. The van der Waals surface area contributed by atoms with Crippen LogP contribution in [0.3, 0.4) is 0 Å². The Hall–Kier alpha value is -1.01. The van der Waals surface area contributed by atoms with Crippen LogP contribution in [0.4, 0.5) is 0 Å². The first-order valence-corrected chi connectivity index (χ1v) is 6.62. The number of hydrogen-bond donors (Lipinski definition) is 2. The van der Waals surface area contributed by atoms with E-state index in [4.69, 9.17) is 5.73 Å². The van der Waals surface area contributed by atoms with Gasteiger partial charge in [-0.15, -0.1) is 24.0 Å². The summed E-state index contributed by atoms with van der Waals surface area (Å²) in [7, 11) is 0. The molecule has 1 fully saturated rings. The molecule has 2 rings (SSSR count). The number of hydrogen-bond acceptors (Lipinski definition) is 4. The van der Waals surface area contributed by atoms with Crippen LogP contribution in [0.1, 0.15) is 23.0 Å². The maximum Gasteiger partial charge on any atom is 0.263 e. The number of carbonyl (C=O) groups excluding carboxylic acids is 2. The number of amides is 2. The van der Waals surface area contributed by atoms with Crippen molar-refractivity contribution in [2.45, 2.75) is 18.2 Å². The minimum Gasteiger partial charge on any atom is -0.369 e. The molecule has 17 heavy (non-hydrogen) atoms. The van der Waals surface area contributed by atoms with Gasteiger partial charge in [-0.05, 0) is 19.4 Å². The molecule has 2 amide bonds. The molecule has 2 N–H and O–H groups in total. The third-order valence-electron chi connectivity index (χ3n) is 3.15. The lowest BCUT2D eigenvalue weighted by Gasteiger charge is -2.20. The molecule has 1 atom stereocenters. The van der Waals surface area contributed by atoms with Crippen molar-refractivity contribution in [3.8, 4) is 0 Å². The Morgan fingerprint density at radius 2 is 2.29 bits per heavy atom. The largest absolute Gasteiger partial charge is 0.369 e. The summed E-state index contributed by atoms with van der Waals surface area (Å²) < 4.78 is 0. The predicted molar refractivity (Wildman–Crippen MR) is 69.4 cm³/mol. The molecule has 1 unspecified atom stereocenters. The minimum atomic E-state index is -0.587. The van der Waals surface area contributed by atoms with Gasteiger partial charge in [0, 0.05) is 23.4 Å². The standard InChI is InChI=1S/C11H14N2O2S2/c1-11(10(12)15)2-3-13(6-11)9(14)8-4-7(16)5-17-8/h4-5,16H,2-3,6H2,1H3,(H2,12,15). The van der Waals surface area contributed by atoms with Gasteiger partial charge in [-0.1, -0.05) is 0 Å². The monoisotopic (exact) mass is 270 g/mol. The van der Waals surface area contributed by atoms with Crippen molar-refractivity contribution in [2.24, 2.45) is 11.1 Å². The number of carbonyl (C=O) groups is 2. The van der Waals surface area contributed by atoms with Crippen molar-refractivity contribution in [1.29, 1.82) is 0 Å². The highest BCUT2D eigenvalue weighted by Gasteiger charge is 2.40. The Bertz CT molecular complexity index is 472. The summed E-state index contributed by atoms with van der Waals surface area (Å²) in [4.78, 5) is 26.6. The second-order valence-corrected chi connectivity index (χ2v) is 6.00. The number of likely N-dealkylation sites (tertiary alicyclic amines) is 1. The molecule has 0 spiro atoms. The van der Waals surface area contributed by atoms with Gasteiger partial charge in [-0.2, -0.15) is 0 Å². The van der Waals surface area contributed by atoms with E-state index in [9.17, 15) is 9.59 Å². The van der Waals surface area contributed by atoms with E-state index >= 15 is 0 Å². The molecule has 6 heteroatoms. The number of nitrogens with zero attached hydrogens (tertiary/aromatic N) is 1. The molecule has 2 heterocycles. The molecule has 4 nitrogen and oxygen atoms in total. The summed E-state index contributed by atoms with van der Waals surface area (Å²) >= 11 is 5.54. The average molecular weight is 270 g/mol. The minimum absolute atomic E-state index is 0.0414. The molecule has 0 aliphatic carbocycles. The zero-order valence-electron chi connectivity index (χ0n) is 9.47. The van der Waals surface area contributed by atoms with Gasteiger partial charge in [0.05, 0.1) is 10.3 Å². The van der Waals surface area contributed by atoms with E-state index in [1.165, 1.54) is 11.3 Å². The van der Waals surface area contributed by atoms with Crippen molar-refractivity contribution in [3.63, 3.8) is 0 Å². The Morgan fingerprint density at radius 3 is 2.76 bits per heavy atom. The Balaban J connectivity index is 2.11. The van der Waals surface area contributed by atoms with E-state index in [1.54, 1.807) is 17.9 Å². The van der Waals surface area contributed by atoms with Crippen LogP contribution in [0.25, 0.3) is 0 Å². The maximum absolute atomic E-state index is 12.1. The van der Waals surface area contributed by atoms with Crippen molar-refractivity contribution in [1.82, 2.24) is 4.90 Å². The SMILES string of the molecule is CC1(C(N)=O)CCN(C(=O)c2cc(S)cs2)C1. The van der Waals surface area contributed by atoms with Gasteiger partial charge >= 0.3 is 0 Å². The summed E-state index contributed by atoms with van der Waals surface area (Å²) in [5.41, 5.74) is 4.76. The molecule has 1 aromatic rings. The van der Waals surface area contributed by atoms with Crippen LogP contribution in [0.15, 0.2) is 16.3 Å². The maximum atomic E-state index is 12.1. The van der Waals surface area contributed by atoms with E-state index in [1.807, 2.05) is 5.38 Å². The first-order valence-electron chi connectivity index (χ1n) is 5.29. The van der Waals surface area contributed by atoms with Crippen molar-refractivity contribution in [3.05, 3.63) is 16.3 Å². The molecule has 92 valence electrons. The van der Waals surface area contributed by atoms with E-state index in [0.29, 0.717) is 24.4 Å². The third-order valence-corrected chi connectivity index (χ3v) is 4.50. The molecule has 0 bridgehead atoms. The molecule has 0 radical (unpaired) electrons. The first-order chi connectivity index (χ1) is 7.92.